The molecule has 192 valence electrons. The number of aryl methyl sites for hydroxylation is 2. The summed E-state index contributed by atoms with van der Waals surface area (Å²) in [5.74, 6) is -0.972. The van der Waals surface area contributed by atoms with Crippen LogP contribution in [0.5, 0.6) is 0 Å². The first-order valence-electron chi connectivity index (χ1n) is 12.6. The Kier molecular flexibility index (Phi) is 7.10. The molecule has 37 heavy (non-hydrogen) atoms. The summed E-state index contributed by atoms with van der Waals surface area (Å²) in [7, 11) is -3.65. The third-order valence-electron chi connectivity index (χ3n) is 7.78. The van der Waals surface area contributed by atoms with Crippen molar-refractivity contribution in [1.29, 1.82) is 0 Å². The van der Waals surface area contributed by atoms with Gasteiger partial charge in [-0.05, 0) is 97.2 Å². The second-order valence-corrected chi connectivity index (χ2v) is 12.4. The summed E-state index contributed by atoms with van der Waals surface area (Å²) < 4.78 is 28.6. The fourth-order valence-electron chi connectivity index (χ4n) is 5.96. The SMILES string of the molecule is Cc1cccc(C)c1C1C(=O)CC(Cc2cccc3c2CCC(NS(=O)(=O)c2ccc(Cl)cc2)C3)C1=O. The second kappa shape index (κ2) is 10.2. The highest BCUT2D eigenvalue weighted by molar-refractivity contribution is 7.89. The predicted octanol–water partition coefficient (Wildman–Crippen LogP) is 5.28. The minimum absolute atomic E-state index is 0.00821. The van der Waals surface area contributed by atoms with Crippen LogP contribution in [0.2, 0.25) is 5.02 Å². The molecule has 0 bridgehead atoms. The standard InChI is InChI=1S/C30H30ClNO4S/c1-18-5-3-6-19(2)28(18)29-27(33)17-22(30(29)34)15-20-7-4-8-21-16-24(11-14-26(20)21)32-37(35,36)25-12-9-23(31)10-13-25/h3-10,12-13,22,24,29,32H,11,14-17H2,1-2H3. The van der Waals surface area contributed by atoms with Crippen molar-refractivity contribution in [3.05, 3.63) is 99.1 Å². The maximum Gasteiger partial charge on any atom is 0.240 e. The number of hydrogen-bond acceptors (Lipinski definition) is 4. The molecule has 0 aliphatic heterocycles. The van der Waals surface area contributed by atoms with E-state index in [0.717, 1.165) is 27.8 Å². The summed E-state index contributed by atoms with van der Waals surface area (Å²) in [6.45, 7) is 3.92. The summed E-state index contributed by atoms with van der Waals surface area (Å²) in [6.07, 6.45) is 2.77. The predicted molar refractivity (Wildman–Crippen MR) is 145 cm³/mol. The van der Waals surface area contributed by atoms with Crippen LogP contribution in [0.3, 0.4) is 0 Å². The minimum atomic E-state index is -3.65. The summed E-state index contributed by atoms with van der Waals surface area (Å²) in [5.41, 5.74) is 6.19. The molecule has 1 fully saturated rings. The van der Waals surface area contributed by atoms with E-state index in [9.17, 15) is 18.0 Å². The van der Waals surface area contributed by atoms with Gasteiger partial charge in [0.05, 0.1) is 4.90 Å². The number of rotatable bonds is 6. The van der Waals surface area contributed by atoms with Gasteiger partial charge in [-0.15, -0.1) is 0 Å². The Balaban J connectivity index is 1.32. The lowest BCUT2D eigenvalue weighted by Crippen LogP contribution is -2.39. The third-order valence-corrected chi connectivity index (χ3v) is 9.57. The molecular weight excluding hydrogens is 506 g/mol. The number of ketones is 2. The van der Waals surface area contributed by atoms with Gasteiger partial charge in [0, 0.05) is 23.4 Å². The lowest BCUT2D eigenvalue weighted by atomic mass is 9.82. The van der Waals surface area contributed by atoms with E-state index in [1.54, 1.807) is 12.1 Å². The van der Waals surface area contributed by atoms with Crippen molar-refractivity contribution in [3.8, 4) is 0 Å². The fraction of sp³-hybridized carbons (Fsp3) is 0.333. The number of sulfonamides is 1. The van der Waals surface area contributed by atoms with Gasteiger partial charge in [-0.1, -0.05) is 48.0 Å². The van der Waals surface area contributed by atoms with Crippen LogP contribution in [0.4, 0.5) is 0 Å². The lowest BCUT2D eigenvalue weighted by Gasteiger charge is -2.27. The quantitative estimate of drug-likeness (QED) is 0.436. The van der Waals surface area contributed by atoms with E-state index in [0.29, 0.717) is 30.7 Å². The Morgan fingerprint density at radius 3 is 2.30 bits per heavy atom. The number of carbonyl (C=O) groups is 2. The smallest absolute Gasteiger partial charge is 0.240 e. The van der Waals surface area contributed by atoms with E-state index in [-0.39, 0.29) is 34.8 Å². The molecule has 1 N–H and O–H groups in total. The van der Waals surface area contributed by atoms with E-state index in [2.05, 4.69) is 4.72 Å². The molecule has 1 saturated carbocycles. The Labute approximate surface area is 223 Å². The minimum Gasteiger partial charge on any atom is -0.298 e. The van der Waals surface area contributed by atoms with Crippen molar-refractivity contribution in [1.82, 2.24) is 4.72 Å². The number of benzene rings is 3. The Hall–Kier alpha value is -2.80. The van der Waals surface area contributed by atoms with Crippen LogP contribution >= 0.6 is 11.6 Å². The van der Waals surface area contributed by atoms with Crippen molar-refractivity contribution >= 4 is 33.2 Å². The molecule has 0 radical (unpaired) electrons. The Morgan fingerprint density at radius 2 is 1.59 bits per heavy atom. The molecule has 2 aliphatic rings. The molecule has 5 nitrogen and oxygen atoms in total. The van der Waals surface area contributed by atoms with E-state index < -0.39 is 15.9 Å². The molecule has 3 aromatic carbocycles. The van der Waals surface area contributed by atoms with Gasteiger partial charge in [-0.25, -0.2) is 13.1 Å². The van der Waals surface area contributed by atoms with Crippen molar-refractivity contribution in [3.63, 3.8) is 0 Å². The highest BCUT2D eigenvalue weighted by Crippen LogP contribution is 2.38. The van der Waals surface area contributed by atoms with Crippen LogP contribution in [-0.4, -0.2) is 26.0 Å². The normalized spacial score (nSPS) is 21.8. The monoisotopic (exact) mass is 535 g/mol. The van der Waals surface area contributed by atoms with E-state index >= 15 is 0 Å². The van der Waals surface area contributed by atoms with Crippen LogP contribution in [0.25, 0.3) is 0 Å². The van der Waals surface area contributed by atoms with Gasteiger partial charge in [-0.2, -0.15) is 0 Å². The molecule has 7 heteroatoms. The number of Topliss-reactive ketones (excluding diaryl/α,β-unsaturated/α-hetero) is 2. The number of hydrogen-bond donors (Lipinski definition) is 1. The summed E-state index contributed by atoms with van der Waals surface area (Å²) in [5, 5.41) is 0.487. The lowest BCUT2D eigenvalue weighted by molar-refractivity contribution is -0.124. The van der Waals surface area contributed by atoms with Gasteiger partial charge in [0.1, 0.15) is 11.7 Å². The average molecular weight is 536 g/mol. The van der Waals surface area contributed by atoms with Crippen LogP contribution in [0.15, 0.2) is 65.6 Å². The van der Waals surface area contributed by atoms with Crippen LogP contribution in [-0.2, 0) is 38.9 Å². The highest BCUT2D eigenvalue weighted by Gasteiger charge is 2.43. The molecule has 0 saturated heterocycles. The molecule has 0 aromatic heterocycles. The molecule has 0 heterocycles. The molecule has 2 aliphatic carbocycles. The maximum absolute atomic E-state index is 13.5. The largest absolute Gasteiger partial charge is 0.298 e. The van der Waals surface area contributed by atoms with Gasteiger partial charge >= 0.3 is 0 Å². The first-order valence-corrected chi connectivity index (χ1v) is 14.5. The van der Waals surface area contributed by atoms with E-state index in [4.69, 9.17) is 11.6 Å². The number of carbonyl (C=O) groups excluding carboxylic acids is 2. The molecule has 0 amide bonds. The average Bonchev–Trinajstić information content (AvgIpc) is 3.12. The molecule has 3 atom stereocenters. The molecule has 3 aromatic rings. The van der Waals surface area contributed by atoms with Crippen LogP contribution in [0, 0.1) is 19.8 Å². The first-order chi connectivity index (χ1) is 17.6. The highest BCUT2D eigenvalue weighted by atomic mass is 35.5. The zero-order valence-electron chi connectivity index (χ0n) is 21.0. The van der Waals surface area contributed by atoms with E-state index in [1.807, 2.05) is 50.2 Å². The second-order valence-electron chi connectivity index (χ2n) is 10.3. The Bertz CT molecular complexity index is 1460. The van der Waals surface area contributed by atoms with Gasteiger partial charge in [0.15, 0.2) is 5.78 Å². The molecular formula is C30H30ClNO4S. The topological polar surface area (TPSA) is 80.3 Å². The van der Waals surface area contributed by atoms with Gasteiger partial charge in [0.25, 0.3) is 0 Å². The summed E-state index contributed by atoms with van der Waals surface area (Å²) in [6, 6.07) is 17.8. The molecule has 0 spiro atoms. The van der Waals surface area contributed by atoms with Crippen molar-refractivity contribution < 1.29 is 18.0 Å². The number of fused-ring (bicyclic) bond motifs is 1. The fourth-order valence-corrected chi connectivity index (χ4v) is 7.36. The summed E-state index contributed by atoms with van der Waals surface area (Å²) >= 11 is 5.90. The molecule has 5 rings (SSSR count). The first kappa shape index (κ1) is 25.8. The van der Waals surface area contributed by atoms with Crippen molar-refractivity contribution in [2.24, 2.45) is 5.92 Å². The molecule has 3 unspecified atom stereocenters. The van der Waals surface area contributed by atoms with Crippen LogP contribution < -0.4 is 4.72 Å². The van der Waals surface area contributed by atoms with Gasteiger partial charge in [-0.3, -0.25) is 9.59 Å². The zero-order valence-corrected chi connectivity index (χ0v) is 22.5. The van der Waals surface area contributed by atoms with Gasteiger partial charge in [0.2, 0.25) is 10.0 Å². The number of halogens is 1. The van der Waals surface area contributed by atoms with Crippen LogP contribution in [0.1, 0.15) is 52.1 Å². The maximum atomic E-state index is 13.5. The van der Waals surface area contributed by atoms with Crippen molar-refractivity contribution in [2.45, 2.75) is 62.8 Å². The van der Waals surface area contributed by atoms with Gasteiger partial charge < -0.3 is 0 Å². The van der Waals surface area contributed by atoms with Crippen molar-refractivity contribution in [2.75, 3.05) is 0 Å². The summed E-state index contributed by atoms with van der Waals surface area (Å²) in [4.78, 5) is 26.6. The Morgan fingerprint density at radius 1 is 0.919 bits per heavy atom. The third kappa shape index (κ3) is 5.15. The van der Waals surface area contributed by atoms with E-state index in [1.165, 1.54) is 17.7 Å². The zero-order chi connectivity index (χ0) is 26.3. The number of nitrogens with one attached hydrogen (secondary N) is 1.